The van der Waals surface area contributed by atoms with E-state index in [1.165, 1.54) is 0 Å². The lowest BCUT2D eigenvalue weighted by atomic mass is 10.1. The standard InChI is InChI=1S/C25H32N6O3/c1-16(2)31-25-24(23(13-26)30-31)22(28-18-7-9-33-10-8-18)12-21(29-25)17-5-4-6-20(11-17)34-15-19(32)14-27-3/h4-6,11-12,16,18-19,27,32H,7-10,14-15H2,1-3H3,(H,28,29). The number of benzene rings is 1. The summed E-state index contributed by atoms with van der Waals surface area (Å²) in [5.41, 5.74) is 3.54. The summed E-state index contributed by atoms with van der Waals surface area (Å²) in [6.07, 6.45) is 1.21. The Hall–Kier alpha value is -3.19. The molecule has 3 N–H and O–H groups in total. The summed E-state index contributed by atoms with van der Waals surface area (Å²) >= 11 is 0. The predicted octanol–water partition coefficient (Wildman–Crippen LogP) is 3.10. The zero-order valence-electron chi connectivity index (χ0n) is 19.9. The third-order valence-corrected chi connectivity index (χ3v) is 5.85. The van der Waals surface area contributed by atoms with Crippen molar-refractivity contribution in [2.75, 3.05) is 38.7 Å². The van der Waals surface area contributed by atoms with Crippen molar-refractivity contribution in [1.29, 1.82) is 5.26 Å². The van der Waals surface area contributed by atoms with Crippen molar-refractivity contribution in [3.8, 4) is 23.1 Å². The number of ether oxygens (including phenoxy) is 2. The maximum atomic E-state index is 9.96. The highest BCUT2D eigenvalue weighted by molar-refractivity contribution is 5.96. The van der Waals surface area contributed by atoms with Crippen molar-refractivity contribution in [1.82, 2.24) is 20.1 Å². The van der Waals surface area contributed by atoms with Crippen LogP contribution in [0.25, 0.3) is 22.3 Å². The number of rotatable bonds is 9. The maximum Gasteiger partial charge on any atom is 0.174 e. The molecule has 1 aliphatic heterocycles. The topological polar surface area (TPSA) is 117 Å². The third-order valence-electron chi connectivity index (χ3n) is 5.85. The lowest BCUT2D eigenvalue weighted by Gasteiger charge is -2.25. The van der Waals surface area contributed by atoms with Gasteiger partial charge in [0.15, 0.2) is 11.3 Å². The van der Waals surface area contributed by atoms with Crippen LogP contribution in [0, 0.1) is 11.3 Å². The van der Waals surface area contributed by atoms with Crippen LogP contribution < -0.4 is 15.4 Å². The van der Waals surface area contributed by atoms with Crippen LogP contribution in [0.2, 0.25) is 0 Å². The Morgan fingerprint density at radius 1 is 1.29 bits per heavy atom. The number of hydrogen-bond acceptors (Lipinski definition) is 8. The molecule has 1 saturated heterocycles. The fraction of sp³-hybridized carbons (Fsp3) is 0.480. The van der Waals surface area contributed by atoms with E-state index in [9.17, 15) is 10.4 Å². The van der Waals surface area contributed by atoms with Gasteiger partial charge in [-0.2, -0.15) is 10.4 Å². The van der Waals surface area contributed by atoms with E-state index in [1.54, 1.807) is 11.7 Å². The molecule has 0 spiro atoms. The summed E-state index contributed by atoms with van der Waals surface area (Å²) in [6, 6.07) is 12.2. The molecule has 3 aromatic rings. The quantitative estimate of drug-likeness (QED) is 0.442. The van der Waals surface area contributed by atoms with Crippen LogP contribution >= 0.6 is 0 Å². The zero-order valence-corrected chi connectivity index (χ0v) is 19.9. The molecule has 9 heteroatoms. The monoisotopic (exact) mass is 464 g/mol. The first-order chi connectivity index (χ1) is 16.5. The van der Waals surface area contributed by atoms with Crippen LogP contribution in [0.15, 0.2) is 30.3 Å². The minimum absolute atomic E-state index is 0.0478. The van der Waals surface area contributed by atoms with Crippen molar-refractivity contribution in [2.24, 2.45) is 0 Å². The molecule has 2 aromatic heterocycles. The number of likely N-dealkylation sites (N-methyl/N-ethyl adjacent to an activating group) is 1. The number of pyridine rings is 1. The molecule has 1 fully saturated rings. The number of nitriles is 1. The molecule has 180 valence electrons. The van der Waals surface area contributed by atoms with E-state index in [1.807, 2.05) is 44.2 Å². The maximum absolute atomic E-state index is 9.96. The Labute approximate surface area is 199 Å². The summed E-state index contributed by atoms with van der Waals surface area (Å²) in [5, 5.41) is 31.6. The van der Waals surface area contributed by atoms with Gasteiger partial charge in [-0.25, -0.2) is 9.67 Å². The summed E-state index contributed by atoms with van der Waals surface area (Å²) in [6.45, 7) is 6.14. The van der Waals surface area contributed by atoms with Gasteiger partial charge in [-0.1, -0.05) is 12.1 Å². The van der Waals surface area contributed by atoms with Crippen molar-refractivity contribution in [3.63, 3.8) is 0 Å². The molecular weight excluding hydrogens is 432 g/mol. The van der Waals surface area contributed by atoms with E-state index < -0.39 is 6.10 Å². The Morgan fingerprint density at radius 3 is 2.79 bits per heavy atom. The molecule has 0 bridgehead atoms. The van der Waals surface area contributed by atoms with Gasteiger partial charge in [0.25, 0.3) is 0 Å². The summed E-state index contributed by atoms with van der Waals surface area (Å²) in [5.74, 6) is 0.656. The van der Waals surface area contributed by atoms with Crippen molar-refractivity contribution < 1.29 is 14.6 Å². The number of aliphatic hydroxyl groups excluding tert-OH is 1. The van der Waals surface area contributed by atoms with E-state index in [2.05, 4.69) is 21.8 Å². The van der Waals surface area contributed by atoms with Gasteiger partial charge in [-0.15, -0.1) is 0 Å². The molecule has 9 nitrogen and oxygen atoms in total. The highest BCUT2D eigenvalue weighted by Gasteiger charge is 2.22. The number of hydrogen-bond donors (Lipinski definition) is 3. The highest BCUT2D eigenvalue weighted by atomic mass is 16.5. The summed E-state index contributed by atoms with van der Waals surface area (Å²) in [7, 11) is 1.79. The van der Waals surface area contributed by atoms with Crippen LogP contribution in [0.4, 0.5) is 5.69 Å². The molecule has 4 rings (SSSR count). The lowest BCUT2D eigenvalue weighted by molar-refractivity contribution is 0.0905. The third kappa shape index (κ3) is 5.30. The Bertz CT molecular complexity index is 1160. The average molecular weight is 465 g/mol. The molecule has 0 radical (unpaired) electrons. The second kappa shape index (κ2) is 10.8. The fourth-order valence-electron chi connectivity index (χ4n) is 4.13. The normalized spacial score (nSPS) is 15.4. The second-order valence-corrected chi connectivity index (χ2v) is 8.83. The van der Waals surface area contributed by atoms with Crippen LogP contribution in [-0.2, 0) is 4.74 Å². The number of aromatic nitrogens is 3. The van der Waals surface area contributed by atoms with E-state index in [0.29, 0.717) is 36.8 Å². The molecule has 3 heterocycles. The van der Waals surface area contributed by atoms with Gasteiger partial charge < -0.3 is 25.2 Å². The van der Waals surface area contributed by atoms with Gasteiger partial charge >= 0.3 is 0 Å². The number of anilines is 1. The van der Waals surface area contributed by atoms with Gasteiger partial charge in [0.1, 0.15) is 24.5 Å². The van der Waals surface area contributed by atoms with Crippen LogP contribution in [0.5, 0.6) is 5.75 Å². The van der Waals surface area contributed by atoms with Crippen LogP contribution in [-0.4, -0.2) is 65.4 Å². The number of nitrogens with zero attached hydrogens (tertiary/aromatic N) is 4. The Kier molecular flexibility index (Phi) is 7.63. The van der Waals surface area contributed by atoms with E-state index in [4.69, 9.17) is 14.5 Å². The van der Waals surface area contributed by atoms with E-state index in [0.717, 1.165) is 35.2 Å². The van der Waals surface area contributed by atoms with Gasteiger partial charge in [0, 0.05) is 37.4 Å². The first-order valence-corrected chi connectivity index (χ1v) is 11.7. The largest absolute Gasteiger partial charge is 0.491 e. The molecule has 1 aromatic carbocycles. The van der Waals surface area contributed by atoms with Crippen molar-refractivity contribution in [3.05, 3.63) is 36.0 Å². The first-order valence-electron chi connectivity index (χ1n) is 11.7. The van der Waals surface area contributed by atoms with E-state index in [-0.39, 0.29) is 18.7 Å². The van der Waals surface area contributed by atoms with E-state index >= 15 is 0 Å². The molecule has 34 heavy (non-hydrogen) atoms. The summed E-state index contributed by atoms with van der Waals surface area (Å²) < 4.78 is 13.1. The zero-order chi connectivity index (χ0) is 24.1. The van der Waals surface area contributed by atoms with Gasteiger partial charge in [0.2, 0.25) is 0 Å². The number of fused-ring (bicyclic) bond motifs is 1. The molecule has 0 amide bonds. The number of nitrogens with one attached hydrogen (secondary N) is 2. The minimum atomic E-state index is -0.594. The smallest absolute Gasteiger partial charge is 0.174 e. The van der Waals surface area contributed by atoms with Gasteiger partial charge in [-0.05, 0) is 51.9 Å². The highest BCUT2D eigenvalue weighted by Crippen LogP contribution is 2.34. The SMILES string of the molecule is CNCC(O)COc1cccc(-c2cc(NC3CCOCC3)c3c(C#N)nn(C(C)C)c3n2)c1. The molecule has 0 saturated carbocycles. The van der Waals surface area contributed by atoms with Crippen molar-refractivity contribution >= 4 is 16.7 Å². The molecular formula is C25H32N6O3. The lowest BCUT2D eigenvalue weighted by Crippen LogP contribution is -2.29. The number of aliphatic hydroxyl groups is 1. The molecule has 1 aliphatic rings. The van der Waals surface area contributed by atoms with Crippen LogP contribution in [0.3, 0.4) is 0 Å². The predicted molar refractivity (Wildman–Crippen MR) is 131 cm³/mol. The van der Waals surface area contributed by atoms with Gasteiger partial charge in [-0.3, -0.25) is 0 Å². The molecule has 1 atom stereocenters. The molecule has 1 unspecified atom stereocenters. The second-order valence-electron chi connectivity index (χ2n) is 8.83. The Morgan fingerprint density at radius 2 is 2.09 bits per heavy atom. The van der Waals surface area contributed by atoms with Gasteiger partial charge in [0.05, 0.1) is 16.8 Å². The average Bonchev–Trinajstić information content (AvgIpc) is 3.23. The Balaban J connectivity index is 1.75. The van der Waals surface area contributed by atoms with Crippen molar-refractivity contribution in [2.45, 2.75) is 44.9 Å². The minimum Gasteiger partial charge on any atom is -0.491 e. The summed E-state index contributed by atoms with van der Waals surface area (Å²) in [4.78, 5) is 4.92. The van der Waals surface area contributed by atoms with Crippen LogP contribution in [0.1, 0.15) is 38.4 Å². The first kappa shape index (κ1) is 24.0. The fourth-order valence-corrected chi connectivity index (χ4v) is 4.13. The molecule has 0 aliphatic carbocycles.